The fraction of sp³-hybridized carbons (Fsp3) is 0.0741. The van der Waals surface area contributed by atoms with E-state index in [0.29, 0.717) is 28.2 Å². The van der Waals surface area contributed by atoms with E-state index < -0.39 is 0 Å². The van der Waals surface area contributed by atoms with Crippen LogP contribution in [0.2, 0.25) is 0 Å². The molecule has 1 N–H and O–H groups in total. The Labute approximate surface area is 190 Å². The number of carbonyl (C=O) groups excluding carboxylic acids is 2. The van der Waals surface area contributed by atoms with Gasteiger partial charge in [-0.2, -0.15) is 0 Å². The first kappa shape index (κ1) is 20.5. The standard InChI is InChI=1S/C27H21N3O3/c31-26(17-28-27(32)20-9-2-1-3-10-20)30-24-13-7-6-12-23(24)29-25(30)18-33-22-15-14-19-8-4-5-11-21(19)16-22/h1-16H,17-18H2,(H,28,32). The molecule has 0 fully saturated rings. The van der Waals surface area contributed by atoms with Crippen LogP contribution in [0.3, 0.4) is 0 Å². The zero-order chi connectivity index (χ0) is 22.6. The van der Waals surface area contributed by atoms with Crippen molar-refractivity contribution >= 4 is 33.6 Å². The first-order chi connectivity index (χ1) is 16.2. The molecule has 0 atom stereocenters. The maximum atomic E-state index is 13.1. The highest BCUT2D eigenvalue weighted by Gasteiger charge is 2.18. The van der Waals surface area contributed by atoms with Gasteiger partial charge < -0.3 is 10.1 Å². The molecule has 0 radical (unpaired) electrons. The number of ether oxygens (including phenoxy) is 1. The number of para-hydroxylation sites is 2. The first-order valence-electron chi connectivity index (χ1n) is 10.6. The molecule has 33 heavy (non-hydrogen) atoms. The predicted molar refractivity (Wildman–Crippen MR) is 127 cm³/mol. The van der Waals surface area contributed by atoms with E-state index in [0.717, 1.165) is 10.8 Å². The third-order valence-electron chi connectivity index (χ3n) is 5.40. The van der Waals surface area contributed by atoms with Gasteiger partial charge in [-0.25, -0.2) is 4.98 Å². The van der Waals surface area contributed by atoms with Crippen molar-refractivity contribution in [3.63, 3.8) is 0 Å². The molecule has 0 aliphatic heterocycles. The minimum Gasteiger partial charge on any atom is -0.486 e. The largest absolute Gasteiger partial charge is 0.486 e. The Hall–Kier alpha value is -4.45. The van der Waals surface area contributed by atoms with Crippen LogP contribution in [0.4, 0.5) is 0 Å². The number of hydrogen-bond donors (Lipinski definition) is 1. The highest BCUT2D eigenvalue weighted by atomic mass is 16.5. The van der Waals surface area contributed by atoms with Crippen molar-refractivity contribution < 1.29 is 14.3 Å². The summed E-state index contributed by atoms with van der Waals surface area (Å²) in [5.74, 6) is 0.577. The van der Waals surface area contributed by atoms with Gasteiger partial charge in [0.1, 0.15) is 12.4 Å². The molecule has 0 aliphatic rings. The Kier molecular flexibility index (Phi) is 5.55. The van der Waals surface area contributed by atoms with Gasteiger partial charge in [-0.3, -0.25) is 14.2 Å². The van der Waals surface area contributed by atoms with Crippen LogP contribution in [0.5, 0.6) is 5.75 Å². The molecular weight excluding hydrogens is 414 g/mol. The summed E-state index contributed by atoms with van der Waals surface area (Å²) in [6, 6.07) is 30.1. The molecule has 6 nitrogen and oxygen atoms in total. The normalized spacial score (nSPS) is 10.9. The van der Waals surface area contributed by atoms with Crippen molar-refractivity contribution in [2.75, 3.05) is 6.54 Å². The van der Waals surface area contributed by atoms with E-state index in [1.54, 1.807) is 24.3 Å². The van der Waals surface area contributed by atoms with Crippen LogP contribution in [0, 0.1) is 0 Å². The monoisotopic (exact) mass is 435 g/mol. The Morgan fingerprint density at radius 2 is 1.55 bits per heavy atom. The number of benzene rings is 4. The molecule has 0 bridgehead atoms. The van der Waals surface area contributed by atoms with E-state index in [1.165, 1.54) is 4.57 Å². The van der Waals surface area contributed by atoms with Crippen LogP contribution in [-0.4, -0.2) is 27.9 Å². The molecule has 0 spiro atoms. The third kappa shape index (κ3) is 4.32. The van der Waals surface area contributed by atoms with E-state index in [1.807, 2.05) is 72.8 Å². The summed E-state index contributed by atoms with van der Waals surface area (Å²) >= 11 is 0. The quantitative estimate of drug-likeness (QED) is 0.414. The molecule has 4 aromatic carbocycles. The number of rotatable bonds is 6. The van der Waals surface area contributed by atoms with Gasteiger partial charge in [0.05, 0.1) is 17.6 Å². The van der Waals surface area contributed by atoms with Gasteiger partial charge in [0.15, 0.2) is 5.82 Å². The van der Waals surface area contributed by atoms with Gasteiger partial charge in [0, 0.05) is 5.56 Å². The topological polar surface area (TPSA) is 73.2 Å². The number of amides is 1. The smallest absolute Gasteiger partial charge is 0.252 e. The lowest BCUT2D eigenvalue weighted by molar-refractivity contribution is 0.0858. The van der Waals surface area contributed by atoms with Gasteiger partial charge in [0.25, 0.3) is 11.8 Å². The van der Waals surface area contributed by atoms with Crippen LogP contribution in [0.15, 0.2) is 97.1 Å². The molecule has 1 aromatic heterocycles. The van der Waals surface area contributed by atoms with Crippen LogP contribution in [0.25, 0.3) is 21.8 Å². The molecule has 1 amide bonds. The Morgan fingerprint density at radius 3 is 2.39 bits per heavy atom. The minimum atomic E-state index is -0.303. The Bertz CT molecular complexity index is 1460. The van der Waals surface area contributed by atoms with Gasteiger partial charge in [0.2, 0.25) is 0 Å². The number of fused-ring (bicyclic) bond motifs is 2. The van der Waals surface area contributed by atoms with Crippen LogP contribution in [0.1, 0.15) is 21.0 Å². The number of imidazole rings is 1. The summed E-state index contributed by atoms with van der Waals surface area (Å²) in [6.45, 7) is -0.0392. The second-order valence-electron chi connectivity index (χ2n) is 7.59. The molecule has 6 heteroatoms. The van der Waals surface area contributed by atoms with Gasteiger partial charge in [-0.15, -0.1) is 0 Å². The van der Waals surface area contributed by atoms with E-state index in [9.17, 15) is 9.59 Å². The van der Waals surface area contributed by atoms with Crippen LogP contribution < -0.4 is 10.1 Å². The molecule has 162 valence electrons. The lowest BCUT2D eigenvalue weighted by Gasteiger charge is -2.11. The van der Waals surface area contributed by atoms with E-state index in [-0.39, 0.29) is 25.0 Å². The highest BCUT2D eigenvalue weighted by Crippen LogP contribution is 2.22. The number of nitrogens with zero attached hydrogens (tertiary/aromatic N) is 2. The third-order valence-corrected chi connectivity index (χ3v) is 5.40. The molecule has 0 unspecified atom stereocenters. The maximum Gasteiger partial charge on any atom is 0.252 e. The number of nitrogens with one attached hydrogen (secondary N) is 1. The van der Waals surface area contributed by atoms with Crippen LogP contribution >= 0.6 is 0 Å². The summed E-state index contributed by atoms with van der Waals surface area (Å²) in [5.41, 5.74) is 1.87. The Morgan fingerprint density at radius 1 is 0.818 bits per heavy atom. The number of carbonyl (C=O) groups is 2. The van der Waals surface area contributed by atoms with Gasteiger partial charge in [-0.1, -0.05) is 60.7 Å². The molecule has 5 rings (SSSR count). The molecule has 5 aromatic rings. The van der Waals surface area contributed by atoms with Crippen molar-refractivity contribution in [3.8, 4) is 5.75 Å². The summed E-state index contributed by atoms with van der Waals surface area (Å²) in [4.78, 5) is 30.1. The first-order valence-corrected chi connectivity index (χ1v) is 10.6. The van der Waals surface area contributed by atoms with Crippen molar-refractivity contribution in [2.45, 2.75) is 6.61 Å². The van der Waals surface area contributed by atoms with Gasteiger partial charge >= 0.3 is 0 Å². The van der Waals surface area contributed by atoms with E-state index >= 15 is 0 Å². The minimum absolute atomic E-state index is 0.116. The molecule has 0 aliphatic carbocycles. The summed E-state index contributed by atoms with van der Waals surface area (Å²) < 4.78 is 7.51. The number of hydrogen-bond acceptors (Lipinski definition) is 4. The maximum absolute atomic E-state index is 13.1. The van der Waals surface area contributed by atoms with E-state index in [4.69, 9.17) is 4.74 Å². The average Bonchev–Trinajstić information content (AvgIpc) is 3.24. The fourth-order valence-electron chi connectivity index (χ4n) is 3.78. The van der Waals surface area contributed by atoms with Crippen molar-refractivity contribution in [2.24, 2.45) is 0 Å². The zero-order valence-electron chi connectivity index (χ0n) is 17.8. The summed E-state index contributed by atoms with van der Waals surface area (Å²) in [6.07, 6.45) is 0. The molecular formula is C27H21N3O3. The highest BCUT2D eigenvalue weighted by molar-refractivity contribution is 5.98. The zero-order valence-corrected chi connectivity index (χ0v) is 17.8. The lowest BCUT2D eigenvalue weighted by atomic mass is 10.1. The predicted octanol–water partition coefficient (Wildman–Crippen LogP) is 4.84. The summed E-state index contributed by atoms with van der Waals surface area (Å²) in [7, 11) is 0. The lowest BCUT2D eigenvalue weighted by Crippen LogP contribution is -2.33. The second kappa shape index (κ2) is 8.96. The average molecular weight is 435 g/mol. The number of aromatic nitrogens is 2. The summed E-state index contributed by atoms with van der Waals surface area (Å²) in [5, 5.41) is 4.89. The second-order valence-corrected chi connectivity index (χ2v) is 7.59. The van der Waals surface area contributed by atoms with Gasteiger partial charge in [-0.05, 0) is 47.2 Å². The fourth-order valence-corrected chi connectivity index (χ4v) is 3.78. The molecule has 0 saturated heterocycles. The van der Waals surface area contributed by atoms with Crippen molar-refractivity contribution in [1.82, 2.24) is 14.9 Å². The Balaban J connectivity index is 1.37. The SMILES string of the molecule is O=C(NCC(=O)n1c(COc2ccc3ccccc3c2)nc2ccccc21)c1ccccc1. The molecule has 1 heterocycles. The molecule has 0 saturated carbocycles. The van der Waals surface area contributed by atoms with E-state index in [2.05, 4.69) is 10.3 Å². The van der Waals surface area contributed by atoms with Crippen molar-refractivity contribution in [3.05, 3.63) is 108 Å². The van der Waals surface area contributed by atoms with Crippen LogP contribution in [-0.2, 0) is 6.61 Å². The van der Waals surface area contributed by atoms with Crippen molar-refractivity contribution in [1.29, 1.82) is 0 Å².